The van der Waals surface area contributed by atoms with Crippen molar-refractivity contribution in [3.05, 3.63) is 95.1 Å². The Kier molecular flexibility index (Phi) is 13.5. The molecule has 1 amide bonds. The Bertz CT molecular complexity index is 1260. The van der Waals surface area contributed by atoms with E-state index in [4.69, 9.17) is 4.74 Å². The van der Waals surface area contributed by atoms with Gasteiger partial charge >= 0.3 is 35.7 Å². The molecule has 0 spiro atoms. The first-order valence-electron chi connectivity index (χ1n) is 14.4. The fraction of sp³-hybridized carbons (Fsp3) is 0.441. The molecule has 9 heteroatoms. The molecule has 228 valence electrons. The zero-order valence-electron chi connectivity index (χ0n) is 26.9. The van der Waals surface area contributed by atoms with Crippen LogP contribution in [0, 0.1) is 18.6 Å². The summed E-state index contributed by atoms with van der Waals surface area (Å²) in [7, 11) is 0. The van der Waals surface area contributed by atoms with Crippen LogP contribution in [0.15, 0.2) is 66.7 Å². The van der Waals surface area contributed by atoms with Gasteiger partial charge in [-0.2, -0.15) is 0 Å². The van der Waals surface area contributed by atoms with Gasteiger partial charge in [-0.3, -0.25) is 0 Å². The van der Waals surface area contributed by atoms with Crippen molar-refractivity contribution in [3.8, 4) is 0 Å². The van der Waals surface area contributed by atoms with Crippen molar-refractivity contribution < 1.29 is 53.0 Å². The van der Waals surface area contributed by atoms with E-state index < -0.39 is 22.8 Å². The molecule has 1 saturated heterocycles. The Balaban J connectivity index is 0.000000993. The maximum Gasteiger partial charge on any atom is 1.00 e. The molecular weight excluding hydrogens is 559 g/mol. The smallest absolute Gasteiger partial charge is 0.850 e. The zero-order valence-corrected chi connectivity index (χ0v) is 28.9. The van der Waals surface area contributed by atoms with E-state index in [-0.39, 0.29) is 41.3 Å². The van der Waals surface area contributed by atoms with Gasteiger partial charge in [-0.1, -0.05) is 81.4 Å². The first-order chi connectivity index (χ1) is 19.6. The van der Waals surface area contributed by atoms with Crippen LogP contribution in [0.25, 0.3) is 0 Å². The summed E-state index contributed by atoms with van der Waals surface area (Å²) < 4.78 is 37.1. The van der Waals surface area contributed by atoms with Gasteiger partial charge < -0.3 is 24.5 Å². The van der Waals surface area contributed by atoms with Gasteiger partial charge in [0.05, 0.1) is 0 Å². The number of benzene rings is 3. The van der Waals surface area contributed by atoms with Gasteiger partial charge in [0.1, 0.15) is 11.3 Å². The minimum absolute atomic E-state index is 0. The van der Waals surface area contributed by atoms with Gasteiger partial charge in [0, 0.05) is 50.5 Å². The molecule has 3 aromatic carbocycles. The van der Waals surface area contributed by atoms with E-state index in [1.54, 1.807) is 37.5 Å². The van der Waals surface area contributed by atoms with E-state index in [0.717, 1.165) is 11.1 Å². The summed E-state index contributed by atoms with van der Waals surface area (Å²) in [5, 5.41) is 10.1. The standard InChI is InChI=1S/C30H35F2N3O2.C4H9O.Na/c1-22-26(33-15-17-34(18-16-33)29(36)37-30(2,3)4)19-25(31)28(27(22)32)35(20-23-11-7-5-8-12-23)21-24-13-9-6-10-14-24;1-4(2,3)5;/h5-14,19H,15-18,20-21H2,1-4H3;1-3H3;/q;-1;+1. The molecule has 1 heterocycles. The van der Waals surface area contributed by atoms with Crippen LogP contribution in [-0.2, 0) is 17.8 Å². The maximum absolute atomic E-state index is 15.9. The Morgan fingerprint density at radius 2 is 1.30 bits per heavy atom. The van der Waals surface area contributed by atoms with Crippen molar-refractivity contribution in [1.82, 2.24) is 4.90 Å². The van der Waals surface area contributed by atoms with Gasteiger partial charge in [0.2, 0.25) is 0 Å². The second-order valence-corrected chi connectivity index (χ2v) is 12.6. The molecule has 0 N–H and O–H groups in total. The summed E-state index contributed by atoms with van der Waals surface area (Å²) in [5.74, 6) is -1.16. The molecule has 0 radical (unpaired) electrons. The molecule has 1 fully saturated rings. The summed E-state index contributed by atoms with van der Waals surface area (Å²) >= 11 is 0. The fourth-order valence-corrected chi connectivity index (χ4v) is 4.59. The van der Waals surface area contributed by atoms with Crippen LogP contribution < -0.4 is 44.5 Å². The van der Waals surface area contributed by atoms with Gasteiger partial charge in [0.15, 0.2) is 11.6 Å². The normalized spacial score (nSPS) is 13.4. The third kappa shape index (κ3) is 11.8. The molecule has 0 atom stereocenters. The molecule has 3 aromatic rings. The van der Waals surface area contributed by atoms with Crippen molar-refractivity contribution in [1.29, 1.82) is 0 Å². The Morgan fingerprint density at radius 3 is 1.72 bits per heavy atom. The van der Waals surface area contributed by atoms with Gasteiger partial charge in [-0.05, 0) is 44.9 Å². The first kappa shape index (κ1) is 36.5. The number of piperazine rings is 1. The van der Waals surface area contributed by atoms with E-state index >= 15 is 8.78 Å². The van der Waals surface area contributed by atoms with Gasteiger partial charge in [-0.15, -0.1) is 5.60 Å². The van der Waals surface area contributed by atoms with Crippen molar-refractivity contribution in [2.45, 2.75) is 72.8 Å². The number of halogens is 2. The van der Waals surface area contributed by atoms with Crippen LogP contribution in [0.3, 0.4) is 0 Å². The molecule has 43 heavy (non-hydrogen) atoms. The summed E-state index contributed by atoms with van der Waals surface area (Å²) in [4.78, 5) is 17.7. The molecule has 1 aliphatic rings. The minimum Gasteiger partial charge on any atom is -0.850 e. The Hall–Kier alpha value is -2.65. The van der Waals surface area contributed by atoms with E-state index in [0.29, 0.717) is 50.5 Å². The van der Waals surface area contributed by atoms with Crippen LogP contribution >= 0.6 is 0 Å². The van der Waals surface area contributed by atoms with Gasteiger partial charge in [-0.25, -0.2) is 13.6 Å². The number of hydrogen-bond donors (Lipinski definition) is 0. The number of carbonyl (C=O) groups is 1. The van der Waals surface area contributed by atoms with Gasteiger partial charge in [0.25, 0.3) is 0 Å². The SMILES string of the molecule is CC(C)(C)[O-].Cc1c(N2CCN(C(=O)OC(C)(C)C)CC2)cc(F)c(N(Cc2ccccc2)Cc2ccccc2)c1F.[Na+]. The monoisotopic (exact) mass is 603 g/mol. The molecule has 0 aliphatic carbocycles. The van der Waals surface area contributed by atoms with Crippen molar-refractivity contribution in [2.24, 2.45) is 0 Å². The van der Waals surface area contributed by atoms with Crippen LogP contribution in [0.2, 0.25) is 0 Å². The summed E-state index contributed by atoms with van der Waals surface area (Å²) in [6.07, 6.45) is -0.367. The quantitative estimate of drug-likeness (QED) is 0.403. The predicted octanol–water partition coefficient (Wildman–Crippen LogP) is 3.69. The van der Waals surface area contributed by atoms with E-state index in [1.165, 1.54) is 6.07 Å². The number of anilines is 2. The summed E-state index contributed by atoms with van der Waals surface area (Å²) in [5.41, 5.74) is 1.50. The summed E-state index contributed by atoms with van der Waals surface area (Å²) in [6, 6.07) is 20.8. The fourth-order valence-electron chi connectivity index (χ4n) is 4.59. The molecule has 1 aliphatic heterocycles. The maximum atomic E-state index is 15.9. The molecule has 0 saturated carbocycles. The van der Waals surface area contributed by atoms with Crippen LogP contribution in [-0.4, -0.2) is 48.4 Å². The average molecular weight is 604 g/mol. The minimum atomic E-state index is -0.750. The molecule has 0 bridgehead atoms. The van der Waals surface area contributed by atoms with Crippen LogP contribution in [0.4, 0.5) is 25.0 Å². The number of carbonyl (C=O) groups excluding carboxylic acids is 1. The van der Waals surface area contributed by atoms with Crippen molar-refractivity contribution >= 4 is 17.5 Å². The van der Waals surface area contributed by atoms with Crippen LogP contribution in [0.5, 0.6) is 0 Å². The Morgan fingerprint density at radius 1 is 0.860 bits per heavy atom. The first-order valence-corrected chi connectivity index (χ1v) is 14.4. The predicted molar refractivity (Wildman–Crippen MR) is 164 cm³/mol. The number of ether oxygens (including phenoxy) is 1. The number of nitrogens with zero attached hydrogens (tertiary/aromatic N) is 3. The third-order valence-electron chi connectivity index (χ3n) is 6.43. The topological polar surface area (TPSA) is 59.1 Å². The van der Waals surface area contributed by atoms with E-state index in [1.807, 2.05) is 86.3 Å². The largest absolute Gasteiger partial charge is 1.00 e. The molecule has 4 rings (SSSR count). The molecular formula is C34H44F2N3NaO3. The molecule has 6 nitrogen and oxygen atoms in total. The molecule has 0 unspecified atom stereocenters. The second kappa shape index (κ2) is 15.9. The Labute approximate surface area is 277 Å². The van der Waals surface area contributed by atoms with Crippen LogP contribution in [0.1, 0.15) is 58.2 Å². The number of amides is 1. The summed E-state index contributed by atoms with van der Waals surface area (Å²) in [6.45, 7) is 14.6. The number of rotatable bonds is 6. The average Bonchev–Trinajstić information content (AvgIpc) is 2.90. The second-order valence-electron chi connectivity index (χ2n) is 12.6. The number of hydrogen-bond acceptors (Lipinski definition) is 5. The van der Waals surface area contributed by atoms with Crippen molar-refractivity contribution in [3.63, 3.8) is 0 Å². The van der Waals surface area contributed by atoms with Crippen molar-refractivity contribution in [2.75, 3.05) is 36.0 Å². The third-order valence-corrected chi connectivity index (χ3v) is 6.43. The van der Waals surface area contributed by atoms with E-state index in [2.05, 4.69) is 0 Å². The zero-order chi connectivity index (χ0) is 31.1. The molecule has 0 aromatic heterocycles. The van der Waals surface area contributed by atoms with E-state index in [9.17, 15) is 9.90 Å².